The third-order valence-corrected chi connectivity index (χ3v) is 7.80. The van der Waals surface area contributed by atoms with E-state index >= 15 is 0 Å². The van der Waals surface area contributed by atoms with Crippen LogP contribution in [0.4, 0.5) is 9.93 Å². The molecule has 0 aromatic carbocycles. The molecule has 25 heavy (non-hydrogen) atoms. The van der Waals surface area contributed by atoms with E-state index in [2.05, 4.69) is 20.8 Å². The lowest BCUT2D eigenvalue weighted by atomic mass is 9.50. The molecule has 4 saturated carbocycles. The monoisotopic (exact) mass is 362 g/mol. The molecule has 136 valence electrons. The lowest BCUT2D eigenvalue weighted by Gasteiger charge is -2.55. The van der Waals surface area contributed by atoms with E-state index in [-0.39, 0.29) is 11.4 Å². The van der Waals surface area contributed by atoms with Crippen LogP contribution in [-0.2, 0) is 10.2 Å². The average molecular weight is 362 g/mol. The van der Waals surface area contributed by atoms with E-state index in [4.69, 9.17) is 4.74 Å². The standard InChI is InChI=1S/C18H26N4O2S/c23-16(19-9-11-1-2-24-10-11)20-17-22-21-15(25-17)18-6-12-3-13(7-18)5-14(4-12)8-18/h11-14H,1-10H2,(H2,19,20,22,23). The van der Waals surface area contributed by atoms with E-state index in [1.807, 2.05) is 0 Å². The van der Waals surface area contributed by atoms with E-state index in [0.717, 1.165) is 42.4 Å². The maximum Gasteiger partial charge on any atom is 0.321 e. The fourth-order valence-corrected chi connectivity index (χ4v) is 6.94. The van der Waals surface area contributed by atoms with Crippen LogP contribution in [-0.4, -0.2) is 36.0 Å². The summed E-state index contributed by atoms with van der Waals surface area (Å²) in [5, 5.41) is 16.4. The third-order valence-electron chi connectivity index (χ3n) is 6.71. The molecular weight excluding hydrogens is 336 g/mol. The summed E-state index contributed by atoms with van der Waals surface area (Å²) < 4.78 is 5.34. The maximum absolute atomic E-state index is 12.1. The predicted molar refractivity (Wildman–Crippen MR) is 95.7 cm³/mol. The highest BCUT2D eigenvalue weighted by Gasteiger charge is 2.53. The molecule has 7 heteroatoms. The molecule has 1 aromatic rings. The number of amides is 2. The van der Waals surface area contributed by atoms with Gasteiger partial charge in [-0.3, -0.25) is 5.32 Å². The molecular formula is C18H26N4O2S. The Labute approximate surface area is 152 Å². The molecule has 2 heterocycles. The van der Waals surface area contributed by atoms with Crippen LogP contribution in [0.2, 0.25) is 0 Å². The van der Waals surface area contributed by atoms with Gasteiger partial charge >= 0.3 is 6.03 Å². The molecule has 1 atom stereocenters. The molecule has 1 unspecified atom stereocenters. The van der Waals surface area contributed by atoms with Crippen molar-refractivity contribution in [2.45, 2.75) is 50.4 Å². The second kappa shape index (κ2) is 6.20. The fourth-order valence-electron chi connectivity index (χ4n) is 5.98. The molecule has 2 N–H and O–H groups in total. The smallest absolute Gasteiger partial charge is 0.321 e. The third kappa shape index (κ3) is 3.05. The molecule has 0 radical (unpaired) electrons. The van der Waals surface area contributed by atoms with Gasteiger partial charge in [0, 0.05) is 24.5 Å². The highest BCUT2D eigenvalue weighted by Crippen LogP contribution is 2.61. The SMILES string of the molecule is O=C(NCC1CCOC1)Nc1nnc(C23CC4CC(CC(C4)C2)C3)s1. The van der Waals surface area contributed by atoms with Gasteiger partial charge in [0.25, 0.3) is 0 Å². The normalized spacial score (nSPS) is 38.9. The van der Waals surface area contributed by atoms with Crippen molar-refractivity contribution in [2.24, 2.45) is 23.7 Å². The molecule has 5 aliphatic rings. The number of anilines is 1. The molecule has 2 amide bonds. The van der Waals surface area contributed by atoms with Gasteiger partial charge in [-0.25, -0.2) is 4.79 Å². The van der Waals surface area contributed by atoms with Crippen LogP contribution in [0.3, 0.4) is 0 Å². The van der Waals surface area contributed by atoms with Gasteiger partial charge in [-0.15, -0.1) is 10.2 Å². The van der Waals surface area contributed by atoms with Crippen molar-refractivity contribution in [1.29, 1.82) is 0 Å². The summed E-state index contributed by atoms with van der Waals surface area (Å²) in [6, 6.07) is -0.180. The summed E-state index contributed by atoms with van der Waals surface area (Å²) in [4.78, 5) is 12.1. The van der Waals surface area contributed by atoms with E-state index in [0.29, 0.717) is 17.6 Å². The van der Waals surface area contributed by atoms with Crippen LogP contribution < -0.4 is 10.6 Å². The summed E-state index contributed by atoms with van der Waals surface area (Å²) in [7, 11) is 0. The molecule has 0 spiro atoms. The number of urea groups is 1. The first-order chi connectivity index (χ1) is 12.2. The average Bonchev–Trinajstić information content (AvgIpc) is 3.23. The first kappa shape index (κ1) is 16.0. The van der Waals surface area contributed by atoms with Gasteiger partial charge in [-0.05, 0) is 62.7 Å². The first-order valence-corrected chi connectivity index (χ1v) is 10.5. The van der Waals surface area contributed by atoms with Crippen LogP contribution >= 0.6 is 11.3 Å². The topological polar surface area (TPSA) is 76.1 Å². The number of aromatic nitrogens is 2. The Kier molecular flexibility index (Phi) is 3.97. The summed E-state index contributed by atoms with van der Waals surface area (Å²) in [6.45, 7) is 2.21. The number of carbonyl (C=O) groups excluding carboxylic acids is 1. The first-order valence-electron chi connectivity index (χ1n) is 9.65. The number of hydrogen-bond acceptors (Lipinski definition) is 5. The van der Waals surface area contributed by atoms with Crippen LogP contribution in [0.5, 0.6) is 0 Å². The molecule has 4 aliphatic carbocycles. The Morgan fingerprint density at radius 1 is 1.16 bits per heavy atom. The largest absolute Gasteiger partial charge is 0.381 e. The lowest BCUT2D eigenvalue weighted by molar-refractivity contribution is -0.00555. The Morgan fingerprint density at radius 2 is 1.88 bits per heavy atom. The Bertz CT molecular complexity index is 620. The van der Waals surface area contributed by atoms with Crippen LogP contribution in [0.25, 0.3) is 0 Å². The summed E-state index contributed by atoms with van der Waals surface area (Å²) in [6.07, 6.45) is 9.14. The molecule has 1 saturated heterocycles. The van der Waals surface area contributed by atoms with Crippen molar-refractivity contribution in [3.05, 3.63) is 5.01 Å². The number of ether oxygens (including phenoxy) is 1. The van der Waals surface area contributed by atoms with Crippen molar-refractivity contribution >= 4 is 22.5 Å². The summed E-state index contributed by atoms with van der Waals surface area (Å²) in [5.41, 5.74) is 0.254. The number of nitrogens with zero attached hydrogens (tertiary/aromatic N) is 2. The van der Waals surface area contributed by atoms with Crippen LogP contribution in [0.1, 0.15) is 50.0 Å². The van der Waals surface area contributed by atoms with E-state index in [9.17, 15) is 4.79 Å². The second-order valence-electron chi connectivity index (χ2n) is 8.67. The zero-order valence-corrected chi connectivity index (χ0v) is 15.3. The van der Waals surface area contributed by atoms with Crippen molar-refractivity contribution in [3.8, 4) is 0 Å². The van der Waals surface area contributed by atoms with Gasteiger partial charge in [0.1, 0.15) is 5.01 Å². The number of carbonyl (C=O) groups is 1. The zero-order chi connectivity index (χ0) is 16.9. The van der Waals surface area contributed by atoms with Crippen LogP contribution in [0.15, 0.2) is 0 Å². The van der Waals surface area contributed by atoms with Gasteiger partial charge in [-0.1, -0.05) is 11.3 Å². The number of nitrogens with one attached hydrogen (secondary N) is 2. The number of hydrogen-bond donors (Lipinski definition) is 2. The molecule has 4 bridgehead atoms. The second-order valence-corrected chi connectivity index (χ2v) is 9.65. The van der Waals surface area contributed by atoms with E-state index in [1.165, 1.54) is 38.5 Å². The fraction of sp³-hybridized carbons (Fsp3) is 0.833. The van der Waals surface area contributed by atoms with E-state index in [1.54, 1.807) is 11.3 Å². The minimum absolute atomic E-state index is 0.180. The highest BCUT2D eigenvalue weighted by atomic mass is 32.1. The van der Waals surface area contributed by atoms with Gasteiger partial charge in [0.2, 0.25) is 5.13 Å². The predicted octanol–water partition coefficient (Wildman–Crippen LogP) is 3.16. The van der Waals surface area contributed by atoms with Gasteiger partial charge < -0.3 is 10.1 Å². The molecule has 1 aromatic heterocycles. The summed E-state index contributed by atoms with van der Waals surface area (Å²) >= 11 is 1.59. The Balaban J connectivity index is 1.22. The quantitative estimate of drug-likeness (QED) is 0.863. The molecule has 6 rings (SSSR count). The lowest BCUT2D eigenvalue weighted by Crippen LogP contribution is -2.48. The molecule has 5 fully saturated rings. The van der Waals surface area contributed by atoms with Crippen molar-refractivity contribution < 1.29 is 9.53 Å². The van der Waals surface area contributed by atoms with E-state index < -0.39 is 0 Å². The Morgan fingerprint density at radius 3 is 2.52 bits per heavy atom. The summed E-state index contributed by atoms with van der Waals surface area (Å²) in [5.74, 6) is 3.11. The number of rotatable bonds is 4. The Hall–Kier alpha value is -1.21. The maximum atomic E-state index is 12.1. The van der Waals surface area contributed by atoms with Crippen molar-refractivity contribution in [1.82, 2.24) is 15.5 Å². The van der Waals surface area contributed by atoms with Gasteiger partial charge in [0.15, 0.2) is 0 Å². The van der Waals surface area contributed by atoms with Crippen LogP contribution in [0, 0.1) is 23.7 Å². The van der Waals surface area contributed by atoms with Gasteiger partial charge in [0.05, 0.1) is 6.61 Å². The minimum Gasteiger partial charge on any atom is -0.381 e. The van der Waals surface area contributed by atoms with Crippen molar-refractivity contribution in [2.75, 3.05) is 25.1 Å². The molecule has 1 aliphatic heterocycles. The molecule has 6 nitrogen and oxygen atoms in total. The minimum atomic E-state index is -0.180. The zero-order valence-electron chi connectivity index (χ0n) is 14.5. The van der Waals surface area contributed by atoms with Gasteiger partial charge in [-0.2, -0.15) is 0 Å². The van der Waals surface area contributed by atoms with Crippen molar-refractivity contribution in [3.63, 3.8) is 0 Å². The highest BCUT2D eigenvalue weighted by molar-refractivity contribution is 7.15.